The maximum atomic E-state index is 12.4. The maximum absolute atomic E-state index is 12.4. The predicted molar refractivity (Wildman–Crippen MR) is 64.6 cm³/mol. The van der Waals surface area contributed by atoms with Crippen LogP contribution in [0.4, 0.5) is 13.2 Å². The van der Waals surface area contributed by atoms with Crippen LogP contribution >= 0.6 is 0 Å². The zero-order valence-corrected chi connectivity index (χ0v) is 10.7. The van der Waals surface area contributed by atoms with Crippen LogP contribution in [0, 0.1) is 17.2 Å². The van der Waals surface area contributed by atoms with Gasteiger partial charge in [-0.2, -0.15) is 18.4 Å². The number of Topliss-reactive ketones (excluding diaryl/α,β-unsaturated/α-hetero) is 1. The number of aromatic nitrogens is 1. The normalized spacial score (nSPS) is 17.7. The van der Waals surface area contributed by atoms with E-state index in [0.717, 1.165) is 37.8 Å². The molecule has 1 fully saturated rings. The fraction of sp³-hybridized carbons (Fsp3) is 0.500. The monoisotopic (exact) mass is 282 g/mol. The number of alkyl halides is 3. The molecule has 0 saturated heterocycles. The summed E-state index contributed by atoms with van der Waals surface area (Å²) in [6.45, 7) is 0. The molecule has 1 atom stereocenters. The van der Waals surface area contributed by atoms with Crippen molar-refractivity contribution in [1.29, 1.82) is 5.26 Å². The van der Waals surface area contributed by atoms with Gasteiger partial charge in [0.2, 0.25) is 0 Å². The smallest absolute Gasteiger partial charge is 0.297 e. The van der Waals surface area contributed by atoms with Gasteiger partial charge in [-0.1, -0.05) is 12.8 Å². The highest BCUT2D eigenvalue weighted by Gasteiger charge is 2.33. The molecule has 2 rings (SSSR count). The molecule has 0 bridgehead atoms. The molecule has 0 amide bonds. The molecule has 1 aliphatic rings. The first kappa shape index (κ1) is 14.5. The van der Waals surface area contributed by atoms with Crippen molar-refractivity contribution in [3.05, 3.63) is 29.6 Å². The molecule has 20 heavy (non-hydrogen) atoms. The second-order valence-corrected chi connectivity index (χ2v) is 4.92. The fourth-order valence-electron chi connectivity index (χ4n) is 2.47. The van der Waals surface area contributed by atoms with E-state index in [1.54, 1.807) is 0 Å². The van der Waals surface area contributed by atoms with E-state index in [2.05, 4.69) is 4.98 Å². The van der Waals surface area contributed by atoms with E-state index in [1.807, 2.05) is 6.07 Å². The van der Waals surface area contributed by atoms with Crippen molar-refractivity contribution in [2.75, 3.05) is 0 Å². The van der Waals surface area contributed by atoms with Crippen LogP contribution in [-0.4, -0.2) is 10.8 Å². The van der Waals surface area contributed by atoms with Gasteiger partial charge in [-0.25, -0.2) is 0 Å². The molecule has 0 unspecified atom stereocenters. The van der Waals surface area contributed by atoms with Gasteiger partial charge in [-0.3, -0.25) is 9.78 Å². The molecule has 1 aromatic heterocycles. The van der Waals surface area contributed by atoms with Crippen LogP contribution in [0.3, 0.4) is 0 Å². The Morgan fingerprint density at radius 2 is 2.00 bits per heavy atom. The first-order valence-corrected chi connectivity index (χ1v) is 6.40. The molecule has 106 valence electrons. The number of nitrogens with zero attached hydrogens (tertiary/aromatic N) is 2. The van der Waals surface area contributed by atoms with E-state index < -0.39 is 17.7 Å². The Morgan fingerprint density at radius 1 is 1.35 bits per heavy atom. The molecule has 0 aromatic carbocycles. The molecule has 0 N–H and O–H groups in total. The summed E-state index contributed by atoms with van der Waals surface area (Å²) in [5.41, 5.74) is -0.788. The first-order valence-electron chi connectivity index (χ1n) is 6.40. The van der Waals surface area contributed by atoms with Crippen molar-refractivity contribution in [2.24, 2.45) is 5.92 Å². The van der Waals surface area contributed by atoms with E-state index in [9.17, 15) is 18.0 Å². The van der Waals surface area contributed by atoms with Crippen LogP contribution < -0.4 is 0 Å². The van der Waals surface area contributed by atoms with Gasteiger partial charge in [0.1, 0.15) is 5.92 Å². The topological polar surface area (TPSA) is 53.8 Å². The number of carbonyl (C=O) groups is 1. The molecule has 1 aromatic rings. The molecule has 3 nitrogen and oxygen atoms in total. The quantitative estimate of drug-likeness (QED) is 0.853. The number of hydrogen-bond acceptors (Lipinski definition) is 3. The van der Waals surface area contributed by atoms with Crippen LogP contribution in [0.2, 0.25) is 0 Å². The summed E-state index contributed by atoms with van der Waals surface area (Å²) in [6, 6.07) is 3.83. The highest BCUT2D eigenvalue weighted by Crippen LogP contribution is 2.32. The van der Waals surface area contributed by atoms with E-state index in [-0.39, 0.29) is 17.4 Å². The lowest BCUT2D eigenvalue weighted by Gasteiger charge is -2.13. The van der Waals surface area contributed by atoms with Gasteiger partial charge in [0.25, 0.3) is 0 Å². The zero-order valence-electron chi connectivity index (χ0n) is 10.7. The molecule has 1 saturated carbocycles. The van der Waals surface area contributed by atoms with E-state index in [4.69, 9.17) is 5.26 Å². The maximum Gasteiger partial charge on any atom is 0.417 e. The third-order valence-electron chi connectivity index (χ3n) is 3.58. The van der Waals surface area contributed by atoms with Gasteiger partial charge >= 0.3 is 6.18 Å². The Bertz CT molecular complexity index is 525. The van der Waals surface area contributed by atoms with Gasteiger partial charge in [0.15, 0.2) is 5.78 Å². The summed E-state index contributed by atoms with van der Waals surface area (Å²) in [4.78, 5) is 15.8. The van der Waals surface area contributed by atoms with Crippen molar-refractivity contribution in [1.82, 2.24) is 4.98 Å². The molecule has 1 aliphatic carbocycles. The third kappa shape index (κ3) is 2.98. The highest BCUT2D eigenvalue weighted by atomic mass is 19.4. The SMILES string of the molecule is N#C[C@@H](C(=O)C1CCCC1)c1ccc(C(F)(F)F)cn1. The second-order valence-electron chi connectivity index (χ2n) is 4.92. The summed E-state index contributed by atoms with van der Waals surface area (Å²) in [5.74, 6) is -1.46. The second kappa shape index (κ2) is 5.61. The van der Waals surface area contributed by atoms with Crippen LogP contribution in [-0.2, 0) is 11.0 Å². The van der Waals surface area contributed by atoms with Crippen LogP contribution in [0.5, 0.6) is 0 Å². The number of nitriles is 1. The van der Waals surface area contributed by atoms with Crippen LogP contribution in [0.25, 0.3) is 0 Å². The minimum Gasteiger partial charge on any atom is -0.297 e. The number of hydrogen-bond donors (Lipinski definition) is 0. The fourth-order valence-corrected chi connectivity index (χ4v) is 2.47. The lowest BCUT2D eigenvalue weighted by Crippen LogP contribution is -2.20. The first-order chi connectivity index (χ1) is 9.43. The minimum absolute atomic E-state index is 0.0948. The number of halogens is 3. The molecule has 0 aliphatic heterocycles. The van der Waals surface area contributed by atoms with Crippen molar-refractivity contribution >= 4 is 5.78 Å². The lowest BCUT2D eigenvalue weighted by molar-refractivity contribution is -0.137. The summed E-state index contributed by atoms with van der Waals surface area (Å²) < 4.78 is 37.3. The standard InChI is InChI=1S/C14H13F3N2O/c15-14(16,17)10-5-6-12(19-8-10)11(7-18)13(20)9-3-1-2-4-9/h5-6,8-9,11H,1-4H2/t11-/m1/s1. The van der Waals surface area contributed by atoms with Gasteiger partial charge in [0, 0.05) is 12.1 Å². The summed E-state index contributed by atoms with van der Waals surface area (Å²) in [5, 5.41) is 9.11. The minimum atomic E-state index is -4.47. The number of pyridine rings is 1. The molecule has 0 radical (unpaired) electrons. The Morgan fingerprint density at radius 3 is 2.45 bits per heavy atom. The van der Waals surface area contributed by atoms with Crippen molar-refractivity contribution in [3.8, 4) is 6.07 Å². The van der Waals surface area contributed by atoms with E-state index in [1.165, 1.54) is 0 Å². The van der Waals surface area contributed by atoms with Gasteiger partial charge in [-0.15, -0.1) is 0 Å². The van der Waals surface area contributed by atoms with Crippen molar-refractivity contribution < 1.29 is 18.0 Å². The van der Waals surface area contributed by atoms with Crippen molar-refractivity contribution in [2.45, 2.75) is 37.8 Å². The Labute approximate surface area is 114 Å². The van der Waals surface area contributed by atoms with Gasteiger partial charge in [0.05, 0.1) is 17.3 Å². The number of rotatable bonds is 3. The Balaban J connectivity index is 2.20. The third-order valence-corrected chi connectivity index (χ3v) is 3.58. The average molecular weight is 282 g/mol. The van der Waals surface area contributed by atoms with E-state index >= 15 is 0 Å². The molecular weight excluding hydrogens is 269 g/mol. The Kier molecular flexibility index (Phi) is 4.07. The Hall–Kier alpha value is -1.90. The van der Waals surface area contributed by atoms with Gasteiger partial charge in [-0.05, 0) is 25.0 Å². The van der Waals surface area contributed by atoms with Gasteiger partial charge < -0.3 is 0 Å². The summed E-state index contributed by atoms with van der Waals surface area (Å²) >= 11 is 0. The molecular formula is C14H13F3N2O. The molecule has 0 spiro atoms. The summed E-state index contributed by atoms with van der Waals surface area (Å²) in [7, 11) is 0. The molecule has 6 heteroatoms. The number of carbonyl (C=O) groups excluding carboxylic acids is 1. The summed E-state index contributed by atoms with van der Waals surface area (Å²) in [6.07, 6.45) is -0.399. The highest BCUT2D eigenvalue weighted by molar-refractivity contribution is 5.90. The molecule has 1 heterocycles. The van der Waals surface area contributed by atoms with Crippen LogP contribution in [0.15, 0.2) is 18.3 Å². The van der Waals surface area contributed by atoms with E-state index in [0.29, 0.717) is 6.20 Å². The number of ketones is 1. The van der Waals surface area contributed by atoms with Crippen molar-refractivity contribution in [3.63, 3.8) is 0 Å². The predicted octanol–water partition coefficient (Wildman–Crippen LogP) is 3.47. The van der Waals surface area contributed by atoms with Crippen LogP contribution in [0.1, 0.15) is 42.9 Å². The average Bonchev–Trinajstić information content (AvgIpc) is 2.93. The largest absolute Gasteiger partial charge is 0.417 e. The zero-order chi connectivity index (χ0) is 14.8. The lowest BCUT2D eigenvalue weighted by atomic mass is 9.90.